The van der Waals surface area contributed by atoms with Crippen molar-refractivity contribution in [1.29, 1.82) is 11.1 Å². The fraction of sp³-hybridized carbons (Fsp3) is 0.636. The topological polar surface area (TPSA) is 137 Å². The van der Waals surface area contributed by atoms with Gasteiger partial charge in [-0.2, -0.15) is 0 Å². The lowest BCUT2D eigenvalue weighted by atomic mass is 9.92. The number of nitrogens with zero attached hydrogens (tertiary/aromatic N) is 2. The molecule has 1 heterocycles. The average molecular weight is 435 g/mol. The number of nitrogens with two attached hydrogens (primary N) is 1. The summed E-state index contributed by atoms with van der Waals surface area (Å²) in [6, 6.07) is 5.59. The molecule has 1 aliphatic rings. The Bertz CT molecular complexity index is 739. The minimum absolute atomic E-state index is 0.0164. The summed E-state index contributed by atoms with van der Waals surface area (Å²) in [5.74, 6) is 2.03. The van der Waals surface area contributed by atoms with Gasteiger partial charge in [0.05, 0.1) is 20.3 Å². The molecule has 31 heavy (non-hydrogen) atoms. The van der Waals surface area contributed by atoms with E-state index < -0.39 is 0 Å². The van der Waals surface area contributed by atoms with E-state index in [2.05, 4.69) is 15.2 Å². The van der Waals surface area contributed by atoms with E-state index in [1.807, 2.05) is 45.9 Å². The van der Waals surface area contributed by atoms with Crippen LogP contribution < -0.4 is 20.5 Å². The Morgan fingerprint density at radius 2 is 1.87 bits per heavy atom. The van der Waals surface area contributed by atoms with Gasteiger partial charge in [0, 0.05) is 23.6 Å². The zero-order valence-corrected chi connectivity index (χ0v) is 19.6. The van der Waals surface area contributed by atoms with Gasteiger partial charge < -0.3 is 20.5 Å². The van der Waals surface area contributed by atoms with Crippen LogP contribution in [-0.2, 0) is 4.79 Å². The third-order valence-corrected chi connectivity index (χ3v) is 5.11. The highest BCUT2D eigenvalue weighted by molar-refractivity contribution is 5.88. The number of nitrogens with one attached hydrogen (secondary N) is 3. The van der Waals surface area contributed by atoms with Crippen molar-refractivity contribution in [2.45, 2.75) is 52.1 Å². The number of carbonyl (C=O) groups is 1. The van der Waals surface area contributed by atoms with Crippen LogP contribution in [0.2, 0.25) is 0 Å². The number of piperidine rings is 1. The first-order valence-electron chi connectivity index (χ1n) is 10.5. The number of likely N-dealkylation sites (tertiary alicyclic amines) is 1. The predicted molar refractivity (Wildman–Crippen MR) is 122 cm³/mol. The molecule has 0 spiro atoms. The second-order valence-electron chi connectivity index (χ2n) is 8.43. The van der Waals surface area contributed by atoms with Crippen molar-refractivity contribution in [2.24, 2.45) is 16.6 Å². The second-order valence-corrected chi connectivity index (χ2v) is 8.43. The van der Waals surface area contributed by atoms with Crippen molar-refractivity contribution in [1.82, 2.24) is 10.2 Å². The fourth-order valence-electron chi connectivity index (χ4n) is 3.83. The maximum Gasteiger partial charge on any atom is 0.223 e. The number of carbonyl (C=O) groups excluding carboxylic acids is 1. The molecule has 0 saturated carbocycles. The second kappa shape index (κ2) is 12.2. The van der Waals surface area contributed by atoms with Crippen LogP contribution in [0.4, 0.5) is 0 Å². The molecule has 0 aliphatic carbocycles. The van der Waals surface area contributed by atoms with Gasteiger partial charge in [0.1, 0.15) is 5.84 Å². The number of rotatable bonds is 7. The highest BCUT2D eigenvalue weighted by atomic mass is 16.5. The van der Waals surface area contributed by atoms with Crippen molar-refractivity contribution < 1.29 is 14.3 Å². The first kappa shape index (κ1) is 26.4. The molecular weight excluding hydrogens is 396 g/mol. The average Bonchev–Trinajstić information content (AvgIpc) is 2.74. The molecular formula is C22H38N6O3. The van der Waals surface area contributed by atoms with Gasteiger partial charge in [-0.3, -0.25) is 14.7 Å². The number of aliphatic imine (C=N–C) groups is 1. The van der Waals surface area contributed by atoms with Crippen LogP contribution in [-0.4, -0.2) is 56.0 Å². The van der Waals surface area contributed by atoms with Crippen LogP contribution in [0.5, 0.6) is 11.5 Å². The summed E-state index contributed by atoms with van der Waals surface area (Å²) in [4.78, 5) is 19.3. The largest absolute Gasteiger partial charge is 0.493 e. The normalized spacial score (nSPS) is 16.6. The standard InChI is InChI=1S/C22H36N4O3.H2N2/c1-7-24-20(23)18(16-9-8-10-17(28-5)19(16)29-6)26-13-11-15(12-14-26)21(27)25-22(2,3)4;1-2/h8-10,15,18H,7,11-14H2,1-6H3,(H2,23,24)(H,25,27);1-2H. The Balaban J connectivity index is 0.00000233. The van der Waals surface area contributed by atoms with E-state index in [0.717, 1.165) is 31.5 Å². The molecule has 1 unspecified atom stereocenters. The Morgan fingerprint density at radius 3 is 2.35 bits per heavy atom. The molecule has 1 aromatic rings. The first-order valence-corrected chi connectivity index (χ1v) is 10.5. The highest BCUT2D eigenvalue weighted by Gasteiger charge is 2.34. The SMILES string of the molecule is CCN=C(N)C(c1cccc(OC)c1OC)N1CCC(C(=O)NC(C)(C)C)CC1.N=N. The van der Waals surface area contributed by atoms with E-state index in [4.69, 9.17) is 26.3 Å². The van der Waals surface area contributed by atoms with Crippen LogP contribution in [0, 0.1) is 17.0 Å². The zero-order valence-electron chi connectivity index (χ0n) is 19.6. The van der Waals surface area contributed by atoms with Gasteiger partial charge in [-0.15, -0.1) is 0 Å². The molecule has 1 fully saturated rings. The fourth-order valence-corrected chi connectivity index (χ4v) is 3.83. The molecule has 1 aliphatic heterocycles. The van der Waals surface area contributed by atoms with E-state index in [1.165, 1.54) is 0 Å². The molecule has 5 N–H and O–H groups in total. The Kier molecular flexibility index (Phi) is 10.4. The number of amides is 1. The van der Waals surface area contributed by atoms with Crippen LogP contribution in [0.1, 0.15) is 52.1 Å². The number of para-hydroxylation sites is 1. The smallest absolute Gasteiger partial charge is 0.223 e. The Hall–Kier alpha value is -2.68. The quantitative estimate of drug-likeness (QED) is 0.296. The number of amidine groups is 1. The van der Waals surface area contributed by atoms with Gasteiger partial charge >= 0.3 is 0 Å². The van der Waals surface area contributed by atoms with E-state index in [0.29, 0.717) is 23.9 Å². The molecule has 2 rings (SSSR count). The molecule has 1 saturated heterocycles. The van der Waals surface area contributed by atoms with Crippen LogP contribution in [0.3, 0.4) is 0 Å². The minimum atomic E-state index is -0.219. The van der Waals surface area contributed by atoms with E-state index in [1.54, 1.807) is 14.2 Å². The van der Waals surface area contributed by atoms with E-state index >= 15 is 0 Å². The van der Waals surface area contributed by atoms with Crippen molar-refractivity contribution >= 4 is 11.7 Å². The molecule has 0 bridgehead atoms. The summed E-state index contributed by atoms with van der Waals surface area (Å²) in [6.07, 6.45) is 1.56. The number of ether oxygens (including phenoxy) is 2. The highest BCUT2D eigenvalue weighted by Crippen LogP contribution is 2.38. The van der Waals surface area contributed by atoms with Gasteiger partial charge in [-0.05, 0) is 59.7 Å². The number of hydrogen-bond donors (Lipinski definition) is 4. The number of hydrogen-bond acceptors (Lipinski definition) is 7. The van der Waals surface area contributed by atoms with Crippen molar-refractivity contribution in [3.05, 3.63) is 23.8 Å². The predicted octanol–water partition coefficient (Wildman–Crippen LogP) is 3.34. The lowest BCUT2D eigenvalue weighted by Gasteiger charge is -2.38. The molecule has 1 aromatic carbocycles. The van der Waals surface area contributed by atoms with Gasteiger partial charge in [0.25, 0.3) is 0 Å². The molecule has 174 valence electrons. The number of methoxy groups -OCH3 is 2. The van der Waals surface area contributed by atoms with Gasteiger partial charge in [0.15, 0.2) is 11.5 Å². The van der Waals surface area contributed by atoms with Gasteiger partial charge in [0.2, 0.25) is 5.91 Å². The lowest BCUT2D eigenvalue weighted by molar-refractivity contribution is -0.128. The maximum atomic E-state index is 12.6. The summed E-state index contributed by atoms with van der Waals surface area (Å²) >= 11 is 0. The third kappa shape index (κ3) is 7.20. The minimum Gasteiger partial charge on any atom is -0.493 e. The maximum absolute atomic E-state index is 12.6. The van der Waals surface area contributed by atoms with E-state index in [9.17, 15) is 4.79 Å². The van der Waals surface area contributed by atoms with Crippen molar-refractivity contribution in [3.63, 3.8) is 0 Å². The Morgan fingerprint density at radius 1 is 1.26 bits per heavy atom. The van der Waals surface area contributed by atoms with Crippen LogP contribution in [0.25, 0.3) is 0 Å². The molecule has 0 radical (unpaired) electrons. The zero-order chi connectivity index (χ0) is 23.6. The van der Waals surface area contributed by atoms with Crippen molar-refractivity contribution in [3.8, 4) is 11.5 Å². The van der Waals surface area contributed by atoms with E-state index in [-0.39, 0.29) is 23.4 Å². The van der Waals surface area contributed by atoms with Crippen LogP contribution in [0.15, 0.2) is 23.2 Å². The molecule has 9 heteroatoms. The number of benzene rings is 1. The molecule has 9 nitrogen and oxygen atoms in total. The molecule has 1 amide bonds. The van der Waals surface area contributed by atoms with Crippen LogP contribution >= 0.6 is 0 Å². The summed E-state index contributed by atoms with van der Waals surface area (Å²) < 4.78 is 11.1. The molecule has 1 atom stereocenters. The molecule has 0 aromatic heterocycles. The summed E-state index contributed by atoms with van der Waals surface area (Å²) in [5.41, 5.74) is 17.1. The monoisotopic (exact) mass is 434 g/mol. The third-order valence-electron chi connectivity index (χ3n) is 5.11. The van der Waals surface area contributed by atoms with Gasteiger partial charge in [-0.1, -0.05) is 12.1 Å². The van der Waals surface area contributed by atoms with Crippen molar-refractivity contribution in [2.75, 3.05) is 33.9 Å². The summed E-state index contributed by atoms with van der Waals surface area (Å²) in [7, 11) is 3.26. The van der Waals surface area contributed by atoms with Gasteiger partial charge in [-0.25, -0.2) is 11.1 Å². The summed E-state index contributed by atoms with van der Waals surface area (Å²) in [6.45, 7) is 10.1. The first-order chi connectivity index (χ1) is 14.7. The Labute approximate surface area is 185 Å². The lowest BCUT2D eigenvalue weighted by Crippen LogP contribution is -2.48. The summed E-state index contributed by atoms with van der Waals surface area (Å²) in [5, 5.41) is 3.10.